The monoisotopic (exact) mass is 352 g/mol. The molecule has 1 aliphatic rings. The highest BCUT2D eigenvalue weighted by atomic mass is 79.9. The molecule has 112 valence electrons. The molecule has 0 saturated carbocycles. The van der Waals surface area contributed by atoms with Gasteiger partial charge in [0.2, 0.25) is 0 Å². The highest BCUT2D eigenvalue weighted by Crippen LogP contribution is 2.47. The lowest BCUT2D eigenvalue weighted by atomic mass is 9.77. The van der Waals surface area contributed by atoms with Crippen LogP contribution < -0.4 is 0 Å². The molecule has 0 fully saturated rings. The summed E-state index contributed by atoms with van der Waals surface area (Å²) < 4.78 is 11.8. The number of rotatable bonds is 2. The molecule has 0 N–H and O–H groups in total. The third-order valence-electron chi connectivity index (χ3n) is 3.53. The Balaban J connectivity index is 2.48. The summed E-state index contributed by atoms with van der Waals surface area (Å²) in [7, 11) is 0. The van der Waals surface area contributed by atoms with Crippen molar-refractivity contribution in [1.82, 2.24) is 0 Å². The Morgan fingerprint density at radius 2 is 1.86 bits per heavy atom. The number of carbonyl (C=O) groups excluding carboxylic acids is 2. The van der Waals surface area contributed by atoms with Gasteiger partial charge in [-0.3, -0.25) is 4.79 Å². The summed E-state index contributed by atoms with van der Waals surface area (Å²) in [5.74, 6) is -0.528. The highest BCUT2D eigenvalue weighted by Gasteiger charge is 2.45. The van der Waals surface area contributed by atoms with Crippen molar-refractivity contribution in [3.63, 3.8) is 0 Å². The average molecular weight is 353 g/mol. The zero-order chi connectivity index (χ0) is 15.8. The predicted octanol–water partition coefficient (Wildman–Crippen LogP) is 3.91. The van der Waals surface area contributed by atoms with Gasteiger partial charge in [0.05, 0.1) is 11.0 Å². The van der Waals surface area contributed by atoms with Crippen LogP contribution in [-0.2, 0) is 19.1 Å². The van der Waals surface area contributed by atoms with E-state index in [2.05, 4.69) is 15.9 Å². The predicted molar refractivity (Wildman–Crippen MR) is 81.2 cm³/mol. The van der Waals surface area contributed by atoms with E-state index in [-0.39, 0.29) is 0 Å². The average Bonchev–Trinajstić information content (AvgIpc) is 2.40. The molecule has 0 aromatic heterocycles. The Hall–Kier alpha value is -1.62. The number of ether oxygens (including phenoxy) is 2. The summed E-state index contributed by atoms with van der Waals surface area (Å²) in [6, 6.07) is 7.54. The summed E-state index contributed by atoms with van der Waals surface area (Å²) in [5, 5.41) is 0. The van der Waals surface area contributed by atoms with Crippen LogP contribution in [-0.4, -0.2) is 11.9 Å². The molecule has 5 heteroatoms. The molecule has 0 saturated heterocycles. The molecule has 1 aliphatic heterocycles. The molecule has 4 nitrogen and oxygen atoms in total. The van der Waals surface area contributed by atoms with E-state index in [1.165, 1.54) is 6.92 Å². The van der Waals surface area contributed by atoms with Gasteiger partial charge in [0.15, 0.2) is 0 Å². The van der Waals surface area contributed by atoms with E-state index in [0.717, 1.165) is 10.0 Å². The van der Waals surface area contributed by atoms with Gasteiger partial charge >= 0.3 is 11.9 Å². The first-order chi connectivity index (χ1) is 9.73. The SMILES string of the molecule is CC(=O)OC1=C(C)C(=O)OC(c2ccc(Br)cc2)C1(C)C. The molecule has 0 radical (unpaired) electrons. The van der Waals surface area contributed by atoms with Crippen LogP contribution in [0.2, 0.25) is 0 Å². The van der Waals surface area contributed by atoms with Gasteiger partial charge in [-0.1, -0.05) is 28.1 Å². The van der Waals surface area contributed by atoms with Crippen molar-refractivity contribution in [3.8, 4) is 0 Å². The van der Waals surface area contributed by atoms with Gasteiger partial charge in [-0.25, -0.2) is 4.79 Å². The molecular weight excluding hydrogens is 336 g/mol. The molecule has 1 aromatic rings. The topological polar surface area (TPSA) is 52.6 Å². The minimum absolute atomic E-state index is 0.337. The Morgan fingerprint density at radius 3 is 2.38 bits per heavy atom. The van der Waals surface area contributed by atoms with Crippen LogP contribution in [0, 0.1) is 5.41 Å². The van der Waals surface area contributed by atoms with Gasteiger partial charge in [-0.2, -0.15) is 0 Å². The molecule has 2 rings (SSSR count). The number of hydrogen-bond donors (Lipinski definition) is 0. The first kappa shape index (κ1) is 15.8. The molecule has 1 atom stereocenters. The molecule has 1 heterocycles. The molecule has 21 heavy (non-hydrogen) atoms. The summed E-state index contributed by atoms with van der Waals surface area (Å²) in [6.45, 7) is 6.73. The van der Waals surface area contributed by atoms with Crippen molar-refractivity contribution in [3.05, 3.63) is 45.6 Å². The lowest BCUT2D eigenvalue weighted by Gasteiger charge is -2.39. The van der Waals surface area contributed by atoms with E-state index in [4.69, 9.17) is 9.47 Å². The maximum Gasteiger partial charge on any atom is 0.337 e. The van der Waals surface area contributed by atoms with Crippen LogP contribution in [0.25, 0.3) is 0 Å². The van der Waals surface area contributed by atoms with Gasteiger partial charge in [-0.05, 0) is 38.5 Å². The number of hydrogen-bond acceptors (Lipinski definition) is 4. The first-order valence-corrected chi connectivity index (χ1v) is 7.39. The molecule has 1 aromatic carbocycles. The van der Waals surface area contributed by atoms with Crippen LogP contribution in [0.3, 0.4) is 0 Å². The molecule has 1 unspecified atom stereocenters. The second-order valence-corrected chi connectivity index (χ2v) is 6.52. The Morgan fingerprint density at radius 1 is 1.29 bits per heavy atom. The van der Waals surface area contributed by atoms with Crippen LogP contribution >= 0.6 is 15.9 Å². The second-order valence-electron chi connectivity index (χ2n) is 5.61. The third-order valence-corrected chi connectivity index (χ3v) is 4.06. The molecule has 0 bridgehead atoms. The van der Waals surface area contributed by atoms with Crippen molar-refractivity contribution >= 4 is 27.9 Å². The van der Waals surface area contributed by atoms with Gasteiger partial charge < -0.3 is 9.47 Å². The first-order valence-electron chi connectivity index (χ1n) is 6.59. The zero-order valence-corrected chi connectivity index (χ0v) is 14.0. The number of benzene rings is 1. The van der Waals surface area contributed by atoms with Gasteiger partial charge in [0.1, 0.15) is 11.9 Å². The Kier molecular flexibility index (Phi) is 4.23. The van der Waals surface area contributed by atoms with Crippen LogP contribution in [0.15, 0.2) is 40.1 Å². The third kappa shape index (κ3) is 3.02. The van der Waals surface area contributed by atoms with Crippen LogP contribution in [0.5, 0.6) is 0 Å². The van der Waals surface area contributed by atoms with Crippen molar-refractivity contribution in [2.24, 2.45) is 5.41 Å². The van der Waals surface area contributed by atoms with Crippen LogP contribution in [0.1, 0.15) is 39.4 Å². The number of cyclic esters (lactones) is 1. The quantitative estimate of drug-likeness (QED) is 0.757. The molecule has 0 amide bonds. The molecule has 0 spiro atoms. The van der Waals surface area contributed by atoms with E-state index in [9.17, 15) is 9.59 Å². The smallest absolute Gasteiger partial charge is 0.337 e. The largest absolute Gasteiger partial charge is 0.453 e. The van der Waals surface area contributed by atoms with Crippen molar-refractivity contribution in [1.29, 1.82) is 0 Å². The Bertz CT molecular complexity index is 614. The fourth-order valence-corrected chi connectivity index (χ4v) is 2.78. The lowest BCUT2D eigenvalue weighted by molar-refractivity contribution is -0.158. The van der Waals surface area contributed by atoms with Crippen molar-refractivity contribution in [2.45, 2.75) is 33.8 Å². The van der Waals surface area contributed by atoms with Gasteiger partial charge in [0, 0.05) is 11.4 Å². The standard InChI is InChI=1S/C16H17BrO4/c1-9-13(20-10(2)18)16(3,4)14(21-15(9)19)11-5-7-12(17)8-6-11/h5-8,14H,1-4H3. The lowest BCUT2D eigenvalue weighted by Crippen LogP contribution is -2.36. The van der Waals surface area contributed by atoms with Crippen molar-refractivity contribution < 1.29 is 19.1 Å². The molecule has 0 aliphatic carbocycles. The normalized spacial score (nSPS) is 21.0. The van der Waals surface area contributed by atoms with E-state index >= 15 is 0 Å². The summed E-state index contributed by atoms with van der Waals surface area (Å²) >= 11 is 3.38. The maximum atomic E-state index is 12.0. The number of halogens is 1. The summed E-state index contributed by atoms with van der Waals surface area (Å²) in [5.41, 5.74) is 0.564. The van der Waals surface area contributed by atoms with Gasteiger partial charge in [0.25, 0.3) is 0 Å². The summed E-state index contributed by atoms with van der Waals surface area (Å²) in [4.78, 5) is 23.4. The van der Waals surface area contributed by atoms with Gasteiger partial charge in [-0.15, -0.1) is 0 Å². The van der Waals surface area contributed by atoms with Crippen molar-refractivity contribution in [2.75, 3.05) is 0 Å². The zero-order valence-electron chi connectivity index (χ0n) is 12.4. The van der Waals surface area contributed by atoms with Crippen LogP contribution in [0.4, 0.5) is 0 Å². The second kappa shape index (κ2) is 5.64. The minimum atomic E-state index is -0.627. The fourth-order valence-electron chi connectivity index (χ4n) is 2.51. The Labute approximate surface area is 132 Å². The van der Waals surface area contributed by atoms with E-state index in [1.807, 2.05) is 38.1 Å². The summed E-state index contributed by atoms with van der Waals surface area (Å²) in [6.07, 6.45) is -0.504. The highest BCUT2D eigenvalue weighted by molar-refractivity contribution is 9.10. The number of carbonyl (C=O) groups is 2. The van der Waals surface area contributed by atoms with E-state index < -0.39 is 23.5 Å². The minimum Gasteiger partial charge on any atom is -0.453 e. The van der Waals surface area contributed by atoms with E-state index in [1.54, 1.807) is 6.92 Å². The van der Waals surface area contributed by atoms with E-state index in [0.29, 0.717) is 11.3 Å². The molecular formula is C16H17BrO4. The fraction of sp³-hybridized carbons (Fsp3) is 0.375. The number of esters is 2. The maximum absolute atomic E-state index is 12.0.